The lowest BCUT2D eigenvalue weighted by Gasteiger charge is -2.46. The fourth-order valence-electron chi connectivity index (χ4n) is 7.56. The van der Waals surface area contributed by atoms with Crippen LogP contribution in [-0.4, -0.2) is 191 Å². The maximum atomic E-state index is 11.2. The maximum Gasteiger partial charge on any atom is 0.402 e. The molecule has 4 heterocycles. The molecule has 360 valence electrons. The van der Waals surface area contributed by atoms with Crippen LogP contribution in [0.5, 0.6) is 46.0 Å². The number of rotatable bonds is 14. The number of benzene rings is 3. The molecule has 0 saturated carbocycles. The normalized spacial score (nSPS) is 32.7. The molecule has 0 aliphatic carbocycles. The lowest BCUT2D eigenvalue weighted by Crippen LogP contribution is -2.64. The van der Waals surface area contributed by atoms with E-state index in [1.807, 2.05) is 0 Å². The summed E-state index contributed by atoms with van der Waals surface area (Å²) in [6.07, 6.45) is -21.8. The Morgan fingerprint density at radius 3 is 1.94 bits per heavy atom. The lowest BCUT2D eigenvalue weighted by atomic mass is 9.97. The molecule has 0 bridgehead atoms. The molecule has 3 aromatic carbocycles. The summed E-state index contributed by atoms with van der Waals surface area (Å²) in [5.41, 5.74) is 0.458. The molecule has 1 unspecified atom stereocenters. The molecule has 7 rings (SSSR count). The van der Waals surface area contributed by atoms with Crippen LogP contribution < -0.4 is 9.47 Å². The van der Waals surface area contributed by atoms with Crippen molar-refractivity contribution < 1.29 is 114 Å². The van der Waals surface area contributed by atoms with E-state index in [-0.39, 0.29) is 52.8 Å². The number of methoxy groups -OCH3 is 1. The number of ether oxygens (including phenoxy) is 8. The molecule has 23 nitrogen and oxygen atoms in total. The first kappa shape index (κ1) is 48.6. The zero-order valence-corrected chi connectivity index (χ0v) is 35.0. The fraction of sp³-hybridized carbons (Fsp3) is 0.465. The van der Waals surface area contributed by atoms with E-state index in [9.17, 15) is 71.5 Å². The van der Waals surface area contributed by atoms with Crippen molar-refractivity contribution in [2.24, 2.45) is 0 Å². The highest BCUT2D eigenvalue weighted by atomic mass is 16.8. The zero-order valence-electron chi connectivity index (χ0n) is 35.0. The van der Waals surface area contributed by atoms with Crippen molar-refractivity contribution in [2.45, 2.75) is 99.0 Å². The average Bonchev–Trinajstić information content (AvgIpc) is 3.28. The number of hydrogen-bond donors (Lipinski definition) is 14. The van der Waals surface area contributed by atoms with E-state index >= 15 is 0 Å². The third kappa shape index (κ3) is 10.1. The molecule has 1 aromatic heterocycles. The number of aliphatic hydroxyl groups is 8. The van der Waals surface area contributed by atoms with Crippen molar-refractivity contribution in [3.8, 4) is 57.3 Å². The summed E-state index contributed by atoms with van der Waals surface area (Å²) in [7, 11) is 1.41. The number of aromatic hydroxyl groups is 6. The molecule has 4 aromatic rings. The second-order valence-electron chi connectivity index (χ2n) is 15.8. The van der Waals surface area contributed by atoms with Crippen LogP contribution in [-0.2, 0) is 28.4 Å². The van der Waals surface area contributed by atoms with Crippen molar-refractivity contribution in [3.05, 3.63) is 60.2 Å². The molecule has 23 heteroatoms. The van der Waals surface area contributed by atoms with Gasteiger partial charge in [-0.1, -0.05) is 18.2 Å². The highest BCUT2D eigenvalue weighted by Gasteiger charge is 2.51. The van der Waals surface area contributed by atoms with E-state index in [4.69, 9.17) is 42.3 Å². The van der Waals surface area contributed by atoms with Crippen LogP contribution in [0.25, 0.3) is 28.4 Å². The second kappa shape index (κ2) is 20.3. The minimum atomic E-state index is -1.97. The number of fused-ring (bicyclic) bond motifs is 1. The van der Waals surface area contributed by atoms with Gasteiger partial charge < -0.3 is 109 Å². The Hall–Kier alpha value is -5.35. The molecule has 15 atom stereocenters. The fourth-order valence-corrected chi connectivity index (χ4v) is 7.56. The van der Waals surface area contributed by atoms with Crippen molar-refractivity contribution in [1.29, 1.82) is 0 Å². The van der Waals surface area contributed by atoms with Crippen molar-refractivity contribution in [3.63, 3.8) is 0 Å². The number of phenols is 6. The number of aliphatic hydroxyl groups excluding tert-OH is 8. The van der Waals surface area contributed by atoms with Crippen LogP contribution in [0.2, 0.25) is 0 Å². The first-order chi connectivity index (χ1) is 31.4. The highest BCUT2D eigenvalue weighted by molar-refractivity contribution is 5.88. The van der Waals surface area contributed by atoms with Gasteiger partial charge in [0.15, 0.2) is 41.3 Å². The van der Waals surface area contributed by atoms with Crippen LogP contribution in [0.3, 0.4) is 0 Å². The molecule has 3 saturated heterocycles. The van der Waals surface area contributed by atoms with Crippen LogP contribution in [0.15, 0.2) is 59.0 Å². The molecule has 14 N–H and O–H groups in total. The third-order valence-electron chi connectivity index (χ3n) is 11.2. The molecular formula is C43H51O23+. The average molecular weight is 936 g/mol. The van der Waals surface area contributed by atoms with Gasteiger partial charge in [0.05, 0.1) is 44.7 Å². The van der Waals surface area contributed by atoms with E-state index in [2.05, 4.69) is 0 Å². The minimum absolute atomic E-state index is 0.0227. The summed E-state index contributed by atoms with van der Waals surface area (Å²) < 4.78 is 51.2. The van der Waals surface area contributed by atoms with Gasteiger partial charge in [0, 0.05) is 24.3 Å². The summed E-state index contributed by atoms with van der Waals surface area (Å²) >= 11 is 0. The Kier molecular flexibility index (Phi) is 14.9. The van der Waals surface area contributed by atoms with Gasteiger partial charge in [0.25, 0.3) is 0 Å². The van der Waals surface area contributed by atoms with Gasteiger partial charge in [0.1, 0.15) is 84.0 Å². The van der Waals surface area contributed by atoms with Gasteiger partial charge >= 0.3 is 11.3 Å². The second-order valence-corrected chi connectivity index (χ2v) is 15.8. The summed E-state index contributed by atoms with van der Waals surface area (Å²) in [6, 6.07) is 9.97. The van der Waals surface area contributed by atoms with Crippen LogP contribution in [0.4, 0.5) is 0 Å². The molecule has 0 amide bonds. The molecule has 0 spiro atoms. The van der Waals surface area contributed by atoms with Gasteiger partial charge in [-0.2, -0.15) is 0 Å². The lowest BCUT2D eigenvalue weighted by molar-refractivity contribution is -0.360. The Bertz CT molecular complexity index is 2320. The summed E-state index contributed by atoms with van der Waals surface area (Å²) in [6.45, 7) is 0.484. The van der Waals surface area contributed by atoms with Gasteiger partial charge in [-0.15, -0.1) is 0 Å². The van der Waals surface area contributed by atoms with E-state index < -0.39 is 127 Å². The van der Waals surface area contributed by atoms with Gasteiger partial charge in [-0.25, -0.2) is 4.42 Å². The predicted molar refractivity (Wildman–Crippen MR) is 220 cm³/mol. The molecule has 3 aliphatic rings. The van der Waals surface area contributed by atoms with Gasteiger partial charge in [-0.05, 0) is 24.6 Å². The Labute approximate surface area is 373 Å². The number of phenolic OH excluding ortho intramolecular Hbond substituents is 6. The van der Waals surface area contributed by atoms with Crippen LogP contribution >= 0.6 is 0 Å². The van der Waals surface area contributed by atoms with Gasteiger partial charge in [-0.3, -0.25) is 0 Å². The smallest absolute Gasteiger partial charge is 0.402 e. The molecule has 3 aliphatic heterocycles. The summed E-state index contributed by atoms with van der Waals surface area (Å²) in [4.78, 5) is 0. The first-order valence-corrected chi connectivity index (χ1v) is 20.4. The molecule has 0 radical (unpaired) electrons. The largest absolute Gasteiger partial charge is 0.507 e. The van der Waals surface area contributed by atoms with Crippen LogP contribution in [0.1, 0.15) is 12.5 Å². The Morgan fingerprint density at radius 1 is 0.621 bits per heavy atom. The maximum absolute atomic E-state index is 11.2. The monoisotopic (exact) mass is 935 g/mol. The zero-order chi connectivity index (χ0) is 47.7. The predicted octanol–water partition coefficient (Wildman–Crippen LogP) is -0.784. The first-order valence-electron chi connectivity index (χ1n) is 20.4. The minimum Gasteiger partial charge on any atom is -0.507 e. The Balaban J connectivity index is 0.985. The Morgan fingerprint density at radius 2 is 1.26 bits per heavy atom. The van der Waals surface area contributed by atoms with E-state index in [1.54, 1.807) is 24.3 Å². The molecular weight excluding hydrogens is 884 g/mol. The van der Waals surface area contributed by atoms with Crippen molar-refractivity contribution in [2.75, 3.05) is 26.9 Å². The van der Waals surface area contributed by atoms with Gasteiger partial charge in [0.2, 0.25) is 12.0 Å². The number of hydrogen-bond acceptors (Lipinski definition) is 22. The third-order valence-corrected chi connectivity index (χ3v) is 11.2. The SMILES string of the molecule is COc1cc(/C=C/COC[C@H]2OC(O[C@H]3[C@H](O)[C@H](O)[C@@H](OC[C@H]4O[C@@H](Oc5cc6c(O)cc(O)cc6[o+]c5-c5cc(O)c(O)c(O)c5)[C@H](O)[C@@H](O)[C@H]4O)O[C@@H]3C)[C@H](O)[C@@H](O)[C@@H]2O)ccc1O. The van der Waals surface area contributed by atoms with E-state index in [1.165, 1.54) is 26.2 Å². The van der Waals surface area contributed by atoms with E-state index in [0.717, 1.165) is 24.3 Å². The van der Waals surface area contributed by atoms with Crippen molar-refractivity contribution in [1.82, 2.24) is 0 Å². The highest BCUT2D eigenvalue weighted by Crippen LogP contribution is 2.45. The van der Waals surface area contributed by atoms with Crippen LogP contribution in [0, 0.1) is 0 Å². The molecule has 3 fully saturated rings. The quantitative estimate of drug-likeness (QED) is 0.0419. The summed E-state index contributed by atoms with van der Waals surface area (Å²) in [5.74, 6) is -3.70. The van der Waals surface area contributed by atoms with E-state index in [0.29, 0.717) is 5.56 Å². The van der Waals surface area contributed by atoms with Crippen molar-refractivity contribution >= 4 is 17.0 Å². The topological polar surface area (TPSA) is 368 Å². The summed E-state index contributed by atoms with van der Waals surface area (Å²) in [5, 5.41) is 148. The standard InChI is InChI=1S/C43H50O23/c1-16-39(66-43-37(56)33(52)31(50)28(64-43)14-59-7-3-4-17-5-6-21(45)26(8-17)58-2)35(54)38(57)41(61-16)60-15-29-32(51)34(53)36(55)42(65-29)63-27-13-20-22(46)11-19(44)12-25(20)62-40(27)18-9-23(47)30(49)24(48)10-18/h3-6,8-13,16,28-29,31-39,41-43,50-57H,7,14-15H2,1-2H3,(H5-,44,45,46,47,48,49)/p+1/b4-3+/t16-,28-,29-,31-,32+,33+,34+,35-,36-,37-,38+,39-,41+,42-,43?/m1/s1. The molecule has 66 heavy (non-hydrogen) atoms.